The van der Waals surface area contributed by atoms with Crippen molar-refractivity contribution in [2.24, 2.45) is 0 Å². The minimum absolute atomic E-state index is 0.200. The number of anilines is 1. The lowest BCUT2D eigenvalue weighted by molar-refractivity contribution is 0.103. The van der Waals surface area contributed by atoms with Crippen molar-refractivity contribution in [2.45, 2.75) is 33.9 Å². The third-order valence-corrected chi connectivity index (χ3v) is 5.97. The smallest absolute Gasteiger partial charge is 0.265 e. The van der Waals surface area contributed by atoms with Gasteiger partial charge in [0.1, 0.15) is 18.2 Å². The number of benzene rings is 2. The number of aryl methyl sites for hydroxylation is 3. The Bertz CT molecular complexity index is 1240. The highest BCUT2D eigenvalue weighted by Crippen LogP contribution is 2.26. The Morgan fingerprint density at radius 3 is 2.66 bits per heavy atom. The topological polar surface area (TPSA) is 56.1 Å². The molecule has 0 radical (unpaired) electrons. The summed E-state index contributed by atoms with van der Waals surface area (Å²) in [6, 6.07) is 12.4. The van der Waals surface area contributed by atoms with Gasteiger partial charge in [-0.15, -0.1) is 11.3 Å². The van der Waals surface area contributed by atoms with Crippen LogP contribution in [-0.2, 0) is 13.2 Å². The molecule has 1 amide bonds. The molecule has 0 atom stereocenters. The maximum atomic E-state index is 13.3. The van der Waals surface area contributed by atoms with E-state index < -0.39 is 0 Å². The highest BCUT2D eigenvalue weighted by atomic mass is 32.1. The SMILES string of the molecule is Cc1cc(C)c(OCc2csc(C(=O)Nc3cnn(Cc4cccc(F)c4)c3)c2)c(C)c1. The van der Waals surface area contributed by atoms with E-state index in [1.807, 2.05) is 31.4 Å². The quantitative estimate of drug-likeness (QED) is 0.383. The van der Waals surface area contributed by atoms with Gasteiger partial charge >= 0.3 is 0 Å². The third kappa shape index (κ3) is 5.23. The molecule has 7 heteroatoms. The van der Waals surface area contributed by atoms with Crippen LogP contribution in [-0.4, -0.2) is 15.7 Å². The third-order valence-electron chi connectivity index (χ3n) is 4.99. The lowest BCUT2D eigenvalue weighted by atomic mass is 10.1. The highest BCUT2D eigenvalue weighted by molar-refractivity contribution is 7.12. The standard InChI is InChI=1S/C25H24FN3O2S/c1-16-7-17(2)24(18(3)8-16)31-14-20-10-23(32-15-20)25(30)28-22-11-27-29(13-22)12-19-5-4-6-21(26)9-19/h4-11,13,15H,12,14H2,1-3H3,(H,28,30). The summed E-state index contributed by atoms with van der Waals surface area (Å²) in [6.07, 6.45) is 3.31. The number of carbonyl (C=O) groups is 1. The Morgan fingerprint density at radius 1 is 1.12 bits per heavy atom. The van der Waals surface area contributed by atoms with E-state index in [1.54, 1.807) is 23.1 Å². The zero-order valence-electron chi connectivity index (χ0n) is 18.2. The Balaban J connectivity index is 1.36. The predicted octanol–water partition coefficient (Wildman–Crippen LogP) is 5.89. The second-order valence-corrected chi connectivity index (χ2v) is 8.76. The predicted molar refractivity (Wildman–Crippen MR) is 125 cm³/mol. The largest absolute Gasteiger partial charge is 0.488 e. The van der Waals surface area contributed by atoms with Crippen molar-refractivity contribution < 1.29 is 13.9 Å². The molecule has 4 rings (SSSR count). The fraction of sp³-hybridized carbons (Fsp3) is 0.200. The summed E-state index contributed by atoms with van der Waals surface area (Å²) >= 11 is 1.37. The van der Waals surface area contributed by atoms with Gasteiger partial charge in [0.2, 0.25) is 0 Å². The maximum absolute atomic E-state index is 13.3. The summed E-state index contributed by atoms with van der Waals surface area (Å²) in [5.41, 5.74) is 5.75. The van der Waals surface area contributed by atoms with Crippen LogP contribution in [0, 0.1) is 26.6 Å². The van der Waals surface area contributed by atoms with Gasteiger partial charge in [0.25, 0.3) is 5.91 Å². The van der Waals surface area contributed by atoms with Crippen LogP contribution >= 0.6 is 11.3 Å². The maximum Gasteiger partial charge on any atom is 0.265 e. The zero-order chi connectivity index (χ0) is 22.7. The monoisotopic (exact) mass is 449 g/mol. The van der Waals surface area contributed by atoms with Gasteiger partial charge < -0.3 is 10.1 Å². The van der Waals surface area contributed by atoms with Crippen molar-refractivity contribution in [3.63, 3.8) is 0 Å². The molecule has 2 heterocycles. The fourth-order valence-electron chi connectivity index (χ4n) is 3.65. The van der Waals surface area contributed by atoms with Crippen molar-refractivity contribution in [3.05, 3.63) is 98.7 Å². The molecule has 0 bridgehead atoms. The molecule has 0 aliphatic rings. The number of aromatic nitrogens is 2. The second kappa shape index (κ2) is 9.36. The van der Waals surface area contributed by atoms with Crippen molar-refractivity contribution in [2.75, 3.05) is 5.32 Å². The average Bonchev–Trinajstić information content (AvgIpc) is 3.37. The number of hydrogen-bond donors (Lipinski definition) is 1. The van der Waals surface area contributed by atoms with Gasteiger partial charge in [0.15, 0.2) is 0 Å². The first-order chi connectivity index (χ1) is 15.4. The molecule has 32 heavy (non-hydrogen) atoms. The number of carbonyl (C=O) groups excluding carboxylic acids is 1. The summed E-state index contributed by atoms with van der Waals surface area (Å²) in [5, 5.41) is 9.03. The van der Waals surface area contributed by atoms with Crippen LogP contribution in [0.5, 0.6) is 5.75 Å². The van der Waals surface area contributed by atoms with E-state index in [1.165, 1.54) is 29.0 Å². The number of thiophene rings is 1. The Morgan fingerprint density at radius 2 is 1.91 bits per heavy atom. The van der Waals surface area contributed by atoms with Crippen LogP contribution in [0.25, 0.3) is 0 Å². The number of ether oxygens (including phenoxy) is 1. The van der Waals surface area contributed by atoms with Crippen LogP contribution in [0.3, 0.4) is 0 Å². The molecule has 5 nitrogen and oxygen atoms in total. The fourth-order valence-corrected chi connectivity index (χ4v) is 4.44. The van der Waals surface area contributed by atoms with Gasteiger partial charge in [-0.3, -0.25) is 9.48 Å². The van der Waals surface area contributed by atoms with Crippen LogP contribution in [0.1, 0.15) is 37.5 Å². The van der Waals surface area contributed by atoms with Gasteiger partial charge in [-0.1, -0.05) is 29.8 Å². The minimum Gasteiger partial charge on any atom is -0.488 e. The molecule has 2 aromatic carbocycles. The first kappa shape index (κ1) is 21.8. The Labute approximate surface area is 190 Å². The highest BCUT2D eigenvalue weighted by Gasteiger charge is 2.12. The average molecular weight is 450 g/mol. The van der Waals surface area contributed by atoms with E-state index in [0.29, 0.717) is 23.7 Å². The molecule has 0 spiro atoms. The number of nitrogens with zero attached hydrogens (tertiary/aromatic N) is 2. The molecule has 0 unspecified atom stereocenters. The number of halogens is 1. The molecule has 1 N–H and O–H groups in total. The van der Waals surface area contributed by atoms with Crippen molar-refractivity contribution in [3.8, 4) is 5.75 Å². The Kier molecular flexibility index (Phi) is 6.37. The van der Waals surface area contributed by atoms with E-state index in [0.717, 1.165) is 28.0 Å². The van der Waals surface area contributed by atoms with Gasteiger partial charge in [-0.25, -0.2) is 4.39 Å². The van der Waals surface area contributed by atoms with Crippen LogP contribution in [0.15, 0.2) is 60.2 Å². The van der Waals surface area contributed by atoms with E-state index in [2.05, 4.69) is 29.5 Å². The number of nitrogens with one attached hydrogen (secondary N) is 1. The summed E-state index contributed by atoms with van der Waals surface area (Å²) in [4.78, 5) is 13.2. The molecular formula is C25H24FN3O2S. The summed E-state index contributed by atoms with van der Waals surface area (Å²) in [5.74, 6) is 0.404. The lowest BCUT2D eigenvalue weighted by Gasteiger charge is -2.12. The van der Waals surface area contributed by atoms with Gasteiger partial charge in [0.05, 0.1) is 23.3 Å². The van der Waals surface area contributed by atoms with Gasteiger partial charge in [-0.2, -0.15) is 5.10 Å². The number of hydrogen-bond acceptors (Lipinski definition) is 4. The van der Waals surface area contributed by atoms with Crippen molar-refractivity contribution in [1.29, 1.82) is 0 Å². The second-order valence-electron chi connectivity index (χ2n) is 7.85. The normalized spacial score (nSPS) is 10.9. The first-order valence-electron chi connectivity index (χ1n) is 10.2. The van der Waals surface area contributed by atoms with E-state index in [-0.39, 0.29) is 11.7 Å². The molecule has 0 aliphatic heterocycles. The molecular weight excluding hydrogens is 425 g/mol. The van der Waals surface area contributed by atoms with Crippen molar-refractivity contribution in [1.82, 2.24) is 9.78 Å². The van der Waals surface area contributed by atoms with Crippen LogP contribution in [0.2, 0.25) is 0 Å². The molecule has 4 aromatic rings. The van der Waals surface area contributed by atoms with Crippen LogP contribution in [0.4, 0.5) is 10.1 Å². The number of rotatable bonds is 7. The van der Waals surface area contributed by atoms with Crippen molar-refractivity contribution >= 4 is 22.9 Å². The minimum atomic E-state index is -0.284. The van der Waals surface area contributed by atoms with Crippen LogP contribution < -0.4 is 10.1 Å². The molecule has 0 saturated carbocycles. The molecule has 0 saturated heterocycles. The molecule has 164 valence electrons. The van der Waals surface area contributed by atoms with Gasteiger partial charge in [0, 0.05) is 11.8 Å². The summed E-state index contributed by atoms with van der Waals surface area (Å²) in [6.45, 7) is 6.97. The summed E-state index contributed by atoms with van der Waals surface area (Å²) in [7, 11) is 0. The Hall–Kier alpha value is -3.45. The van der Waals surface area contributed by atoms with Gasteiger partial charge in [-0.05, 0) is 61.0 Å². The van der Waals surface area contributed by atoms with E-state index in [4.69, 9.17) is 4.74 Å². The first-order valence-corrected chi connectivity index (χ1v) is 11.1. The van der Waals surface area contributed by atoms with E-state index >= 15 is 0 Å². The molecule has 0 aliphatic carbocycles. The van der Waals surface area contributed by atoms with E-state index in [9.17, 15) is 9.18 Å². The summed E-state index contributed by atoms with van der Waals surface area (Å²) < 4.78 is 21.0. The molecule has 2 aromatic heterocycles. The molecule has 0 fully saturated rings. The lowest BCUT2D eigenvalue weighted by Crippen LogP contribution is -2.09. The number of amides is 1. The zero-order valence-corrected chi connectivity index (χ0v) is 19.0.